The first-order chi connectivity index (χ1) is 32.3. The van der Waals surface area contributed by atoms with Gasteiger partial charge in [-0.15, -0.1) is 17.7 Å². The molecule has 0 spiro atoms. The summed E-state index contributed by atoms with van der Waals surface area (Å²) in [4.78, 5) is 10.7. The Morgan fingerprint density at radius 2 is 1.20 bits per heavy atom. The summed E-state index contributed by atoms with van der Waals surface area (Å²) in [6.45, 7) is 24.2. The van der Waals surface area contributed by atoms with Crippen molar-refractivity contribution in [1.29, 1.82) is 0 Å². The van der Waals surface area contributed by atoms with E-state index in [1.165, 1.54) is 5.56 Å². The minimum Gasteiger partial charge on any atom is -0.518 e. The summed E-state index contributed by atoms with van der Waals surface area (Å²) in [6.07, 6.45) is 1.88. The molecule has 9 aromatic rings. The van der Waals surface area contributed by atoms with E-state index in [1.807, 2.05) is 12.3 Å². The summed E-state index contributed by atoms with van der Waals surface area (Å²) in [5.74, 6) is 1.64. The molecule has 1 aliphatic heterocycles. The zero-order chi connectivity index (χ0) is 47.9. The summed E-state index contributed by atoms with van der Waals surface area (Å²) >= 11 is 0. The Labute approximate surface area is 422 Å². The predicted molar refractivity (Wildman–Crippen MR) is 282 cm³/mol. The van der Waals surface area contributed by atoms with E-state index in [9.17, 15) is 5.11 Å². The molecule has 5 nitrogen and oxygen atoms in total. The zero-order valence-corrected chi connectivity index (χ0v) is 43.8. The van der Waals surface area contributed by atoms with Crippen LogP contribution in [0.5, 0.6) is 11.5 Å². The first-order valence-electron chi connectivity index (χ1n) is 23.8. The maximum Gasteiger partial charge on any atom is 0.148 e. The Morgan fingerprint density at radius 1 is 0.565 bits per heavy atom. The number of ether oxygens (including phenoxy) is 1. The predicted octanol–water partition coefficient (Wildman–Crippen LogP) is 16.4. The molecule has 10 rings (SSSR count). The van der Waals surface area contributed by atoms with Crippen LogP contribution in [0.25, 0.3) is 83.9 Å². The molecular formula is C63H60N3O2Pt-. The van der Waals surface area contributed by atoms with E-state index in [0.717, 1.165) is 94.9 Å². The van der Waals surface area contributed by atoms with Crippen molar-refractivity contribution in [3.8, 4) is 84.3 Å². The Balaban J connectivity index is 0.00000593. The number of para-hydroxylation sites is 1. The van der Waals surface area contributed by atoms with Gasteiger partial charge in [-0.1, -0.05) is 189 Å². The molecule has 7 aromatic carbocycles. The molecule has 1 N–H and O–H groups in total. The number of phenolic OH excluding ortho intramolecular Hbond substituents is 1. The van der Waals surface area contributed by atoms with Gasteiger partial charge in [0, 0.05) is 49.6 Å². The summed E-state index contributed by atoms with van der Waals surface area (Å²) in [5.41, 5.74) is 16.2. The van der Waals surface area contributed by atoms with Crippen LogP contribution in [0.1, 0.15) is 98.4 Å². The largest absolute Gasteiger partial charge is 0.518 e. The number of hydrogen-bond acceptors (Lipinski definition) is 4. The molecule has 0 fully saturated rings. The number of phenols is 1. The van der Waals surface area contributed by atoms with Crippen molar-refractivity contribution >= 4 is 11.0 Å². The Hall–Kier alpha value is -6.55. The molecule has 0 amide bonds. The van der Waals surface area contributed by atoms with Gasteiger partial charge in [-0.05, 0) is 99.4 Å². The number of imidazole rings is 1. The van der Waals surface area contributed by atoms with Crippen molar-refractivity contribution in [2.75, 3.05) is 0 Å². The van der Waals surface area contributed by atoms with Crippen molar-refractivity contribution in [3.63, 3.8) is 0 Å². The third kappa shape index (κ3) is 8.65. The van der Waals surface area contributed by atoms with Gasteiger partial charge in [-0.3, -0.25) is 9.55 Å². The van der Waals surface area contributed by atoms with Crippen LogP contribution in [0, 0.1) is 6.07 Å². The van der Waals surface area contributed by atoms with E-state index in [2.05, 4.69) is 232 Å². The van der Waals surface area contributed by atoms with Gasteiger partial charge < -0.3 is 9.84 Å². The fourth-order valence-corrected chi connectivity index (χ4v) is 9.73. The van der Waals surface area contributed by atoms with E-state index in [4.69, 9.17) is 14.7 Å². The molecule has 3 heterocycles. The fraction of sp³-hybridized carbons (Fsp3) is 0.238. The van der Waals surface area contributed by atoms with Gasteiger partial charge in [-0.2, -0.15) is 0 Å². The standard InChI is InChI=1S/C63H60N3O2.Pt/c1-60(2,3)43-29-30-54(47(36-43)40-23-16-13-17-24-40)66-55-28-20-26-45(56(55)65-59(66)50-37-44(61(4,5)6)38-52(57(50)67)62(7,8)9)42-33-48-46-25-18-19-27-51(46)63(10,11)68-58(48)49(34-42)53-35-41(31-32-64-53)39-21-14-12-15-22-39;/h12-33,35-38,67H,1-11H3;/q-1;. The maximum atomic E-state index is 12.6. The Bertz CT molecular complexity index is 3400. The maximum absolute atomic E-state index is 12.6. The summed E-state index contributed by atoms with van der Waals surface area (Å²) in [6, 6.07) is 57.4. The molecule has 0 unspecified atom stereocenters. The van der Waals surface area contributed by atoms with Crippen molar-refractivity contribution in [1.82, 2.24) is 14.5 Å². The molecule has 0 aliphatic carbocycles. The number of hydrogen-bond donors (Lipinski definition) is 1. The normalized spacial score (nSPS) is 13.3. The van der Waals surface area contributed by atoms with Gasteiger partial charge in [0.15, 0.2) is 0 Å². The topological polar surface area (TPSA) is 60.2 Å². The Kier molecular flexibility index (Phi) is 12.0. The third-order valence-corrected chi connectivity index (χ3v) is 13.6. The molecule has 1 aliphatic rings. The molecule has 0 radical (unpaired) electrons. The average Bonchev–Trinajstić information content (AvgIpc) is 3.70. The summed E-state index contributed by atoms with van der Waals surface area (Å²) < 4.78 is 9.32. The second-order valence-corrected chi connectivity index (χ2v) is 22.0. The van der Waals surface area contributed by atoms with Crippen LogP contribution in [-0.2, 0) is 42.9 Å². The van der Waals surface area contributed by atoms with Crippen molar-refractivity contribution in [3.05, 3.63) is 186 Å². The van der Waals surface area contributed by atoms with E-state index >= 15 is 0 Å². The second-order valence-electron chi connectivity index (χ2n) is 22.0. The SMILES string of the molecule is CC(C)(C)c1ccc(-n2c(-c3cc(C(C)(C)C)cc(C(C)(C)C)c3O)nc3c(-c4[c-]c(-c5cc(-c6ccccc6)ccn5)c5c(c4)-c4ccccc4C(C)(C)O5)cccc32)c(-c2ccccc2)c1.[Pt]. The molecule has 2 aromatic heterocycles. The number of benzene rings is 7. The number of fused-ring (bicyclic) bond motifs is 4. The van der Waals surface area contributed by atoms with Gasteiger partial charge in [0.1, 0.15) is 17.2 Å². The third-order valence-electron chi connectivity index (χ3n) is 13.6. The van der Waals surface area contributed by atoms with Gasteiger partial charge in [-0.25, -0.2) is 4.98 Å². The smallest absolute Gasteiger partial charge is 0.148 e. The molecule has 350 valence electrons. The Morgan fingerprint density at radius 3 is 1.88 bits per heavy atom. The minimum atomic E-state index is -0.604. The van der Waals surface area contributed by atoms with E-state index < -0.39 is 5.60 Å². The van der Waals surface area contributed by atoms with Gasteiger partial charge in [0.25, 0.3) is 0 Å². The van der Waals surface area contributed by atoms with Crippen LogP contribution in [-0.4, -0.2) is 19.6 Å². The van der Waals surface area contributed by atoms with Crippen LogP contribution in [0.15, 0.2) is 158 Å². The molecule has 0 bridgehead atoms. The van der Waals surface area contributed by atoms with Crippen LogP contribution >= 0.6 is 0 Å². The summed E-state index contributed by atoms with van der Waals surface area (Å²) in [5, 5.41) is 12.6. The second kappa shape index (κ2) is 17.4. The summed E-state index contributed by atoms with van der Waals surface area (Å²) in [7, 11) is 0. The minimum absolute atomic E-state index is 0. The van der Waals surface area contributed by atoms with Crippen LogP contribution in [0.2, 0.25) is 0 Å². The number of pyridine rings is 1. The van der Waals surface area contributed by atoms with Crippen molar-refractivity contribution < 1.29 is 30.9 Å². The van der Waals surface area contributed by atoms with Gasteiger partial charge in [0.05, 0.1) is 28.0 Å². The first-order valence-corrected chi connectivity index (χ1v) is 23.8. The number of aromatic nitrogens is 3. The molecule has 69 heavy (non-hydrogen) atoms. The van der Waals surface area contributed by atoms with Gasteiger partial charge >= 0.3 is 0 Å². The van der Waals surface area contributed by atoms with Crippen LogP contribution < -0.4 is 4.74 Å². The monoisotopic (exact) mass is 1090 g/mol. The van der Waals surface area contributed by atoms with E-state index in [1.54, 1.807) is 0 Å². The van der Waals surface area contributed by atoms with Crippen molar-refractivity contribution in [2.45, 2.75) is 98.0 Å². The number of aromatic hydroxyl groups is 1. The average molecular weight is 1090 g/mol. The molecule has 0 saturated heterocycles. The quantitative estimate of drug-likeness (QED) is 0.169. The molecule has 0 atom stereocenters. The van der Waals surface area contributed by atoms with Crippen molar-refractivity contribution in [2.24, 2.45) is 0 Å². The fourth-order valence-electron chi connectivity index (χ4n) is 9.73. The first kappa shape index (κ1) is 47.5. The van der Waals surface area contributed by atoms with E-state index in [0.29, 0.717) is 11.4 Å². The number of rotatable bonds is 6. The molecular weight excluding hydrogens is 1030 g/mol. The van der Waals surface area contributed by atoms with Gasteiger partial charge in [0.2, 0.25) is 0 Å². The van der Waals surface area contributed by atoms with E-state index in [-0.39, 0.29) is 43.1 Å². The molecule has 0 saturated carbocycles. The molecule has 6 heteroatoms. The number of nitrogens with zero attached hydrogens (tertiary/aromatic N) is 3. The van der Waals surface area contributed by atoms with Crippen LogP contribution in [0.4, 0.5) is 0 Å². The van der Waals surface area contributed by atoms with Crippen LogP contribution in [0.3, 0.4) is 0 Å². The zero-order valence-electron chi connectivity index (χ0n) is 41.5.